The van der Waals surface area contributed by atoms with Crippen molar-refractivity contribution in [3.05, 3.63) is 0 Å². The van der Waals surface area contributed by atoms with E-state index in [1.165, 1.54) is 19.3 Å². The number of rotatable bonds is 5. The van der Waals surface area contributed by atoms with Crippen molar-refractivity contribution in [3.63, 3.8) is 0 Å². The van der Waals surface area contributed by atoms with Gasteiger partial charge >= 0.3 is 5.97 Å². The summed E-state index contributed by atoms with van der Waals surface area (Å²) in [5.41, 5.74) is 4.26. The van der Waals surface area contributed by atoms with Crippen LogP contribution in [0.4, 0.5) is 0 Å². The minimum atomic E-state index is -1.20. The van der Waals surface area contributed by atoms with Crippen LogP contribution in [0.2, 0.25) is 0 Å². The lowest BCUT2D eigenvalue weighted by Gasteiger charge is -2.31. The molecule has 0 aliphatic heterocycles. The first-order valence-electron chi connectivity index (χ1n) is 5.70. The maximum Gasteiger partial charge on any atom is 0.306 e. The van der Waals surface area contributed by atoms with E-state index in [9.17, 15) is 9.90 Å². The molecule has 1 unspecified atom stereocenters. The number of carbonyl (C=O) groups is 1. The van der Waals surface area contributed by atoms with Gasteiger partial charge in [0.1, 0.15) is 0 Å². The summed E-state index contributed by atoms with van der Waals surface area (Å²) < 4.78 is 0. The molecule has 0 saturated heterocycles. The summed E-state index contributed by atoms with van der Waals surface area (Å²) in [6.07, 6.45) is 6.15. The van der Waals surface area contributed by atoms with Gasteiger partial charge in [-0.2, -0.15) is 0 Å². The summed E-state index contributed by atoms with van der Waals surface area (Å²) in [7, 11) is 0. The van der Waals surface area contributed by atoms with Crippen LogP contribution >= 0.6 is 0 Å². The Morgan fingerprint density at radius 1 is 1.33 bits per heavy atom. The molecule has 1 saturated carbocycles. The van der Waals surface area contributed by atoms with Gasteiger partial charge < -0.3 is 15.9 Å². The first kappa shape index (κ1) is 12.5. The quantitative estimate of drug-likeness (QED) is 0.641. The second-order valence-corrected chi connectivity index (χ2v) is 4.71. The first-order chi connectivity index (χ1) is 7.06. The molecule has 4 nitrogen and oxygen atoms in total. The van der Waals surface area contributed by atoms with Crippen LogP contribution in [0.25, 0.3) is 0 Å². The van der Waals surface area contributed by atoms with E-state index < -0.39 is 11.6 Å². The Morgan fingerprint density at radius 3 is 2.40 bits per heavy atom. The second-order valence-electron chi connectivity index (χ2n) is 4.71. The fourth-order valence-electron chi connectivity index (χ4n) is 2.44. The molecule has 15 heavy (non-hydrogen) atoms. The van der Waals surface area contributed by atoms with E-state index in [0.29, 0.717) is 12.3 Å². The molecular formula is C11H21NO3. The summed E-state index contributed by atoms with van der Waals surface area (Å²) >= 11 is 0. The molecule has 1 fully saturated rings. The third-order valence-electron chi connectivity index (χ3n) is 3.25. The van der Waals surface area contributed by atoms with Gasteiger partial charge in [0.05, 0.1) is 12.0 Å². The summed E-state index contributed by atoms with van der Waals surface area (Å²) in [6, 6.07) is 0. The molecule has 0 aromatic heterocycles. The molecule has 0 bridgehead atoms. The summed E-state index contributed by atoms with van der Waals surface area (Å²) in [4.78, 5) is 10.6. The zero-order valence-corrected chi connectivity index (χ0v) is 9.11. The van der Waals surface area contributed by atoms with Gasteiger partial charge in [-0.3, -0.25) is 4.79 Å². The van der Waals surface area contributed by atoms with Gasteiger partial charge in [0.15, 0.2) is 0 Å². The number of hydrogen-bond donors (Lipinski definition) is 3. The fourth-order valence-corrected chi connectivity index (χ4v) is 2.44. The van der Waals surface area contributed by atoms with Crippen molar-refractivity contribution in [2.45, 2.75) is 50.5 Å². The van der Waals surface area contributed by atoms with Gasteiger partial charge in [0.25, 0.3) is 0 Å². The highest BCUT2D eigenvalue weighted by Gasteiger charge is 2.32. The molecule has 4 N–H and O–H groups in total. The van der Waals surface area contributed by atoms with Crippen LogP contribution in [-0.2, 0) is 4.79 Å². The standard InChI is InChI=1S/C11H21NO3/c12-8-11(15,7-10(13)14)6-9-4-2-1-3-5-9/h9,15H,1-8,12H2,(H,13,14). The average molecular weight is 215 g/mol. The zero-order chi connectivity index (χ0) is 11.3. The van der Waals surface area contributed by atoms with Gasteiger partial charge in [-0.25, -0.2) is 0 Å². The molecule has 0 heterocycles. The Balaban J connectivity index is 2.46. The van der Waals surface area contributed by atoms with Crippen molar-refractivity contribution in [3.8, 4) is 0 Å². The lowest BCUT2D eigenvalue weighted by molar-refractivity contribution is -0.143. The van der Waals surface area contributed by atoms with Gasteiger partial charge in [0.2, 0.25) is 0 Å². The van der Waals surface area contributed by atoms with Gasteiger partial charge in [-0.05, 0) is 12.3 Å². The van der Waals surface area contributed by atoms with Crippen LogP contribution in [-0.4, -0.2) is 28.3 Å². The molecule has 1 atom stereocenters. The average Bonchev–Trinajstić information content (AvgIpc) is 2.18. The fraction of sp³-hybridized carbons (Fsp3) is 0.909. The molecule has 0 radical (unpaired) electrons. The highest BCUT2D eigenvalue weighted by molar-refractivity contribution is 5.68. The van der Waals surface area contributed by atoms with Crippen LogP contribution in [0.1, 0.15) is 44.9 Å². The van der Waals surface area contributed by atoms with Crippen molar-refractivity contribution >= 4 is 5.97 Å². The molecule has 0 amide bonds. The van der Waals surface area contributed by atoms with E-state index in [4.69, 9.17) is 10.8 Å². The molecule has 0 aromatic carbocycles. The van der Waals surface area contributed by atoms with E-state index in [1.807, 2.05) is 0 Å². The highest BCUT2D eigenvalue weighted by Crippen LogP contribution is 2.31. The minimum absolute atomic E-state index is 0.0375. The van der Waals surface area contributed by atoms with Crippen molar-refractivity contribution in [1.29, 1.82) is 0 Å². The normalized spacial score (nSPS) is 22.3. The van der Waals surface area contributed by atoms with Crippen molar-refractivity contribution in [2.75, 3.05) is 6.54 Å². The van der Waals surface area contributed by atoms with E-state index >= 15 is 0 Å². The van der Waals surface area contributed by atoms with E-state index in [1.54, 1.807) is 0 Å². The zero-order valence-electron chi connectivity index (χ0n) is 9.11. The Morgan fingerprint density at radius 2 is 1.93 bits per heavy atom. The second kappa shape index (κ2) is 5.47. The van der Waals surface area contributed by atoms with Gasteiger partial charge in [0, 0.05) is 6.54 Å². The van der Waals surface area contributed by atoms with Crippen molar-refractivity contribution in [2.24, 2.45) is 11.7 Å². The molecule has 1 aliphatic carbocycles. The van der Waals surface area contributed by atoms with Crippen LogP contribution in [0, 0.1) is 5.92 Å². The first-order valence-corrected chi connectivity index (χ1v) is 5.70. The lowest BCUT2D eigenvalue weighted by Crippen LogP contribution is -2.42. The SMILES string of the molecule is NCC(O)(CC(=O)O)CC1CCCCC1. The molecule has 1 aliphatic rings. The van der Waals surface area contributed by atoms with Crippen LogP contribution in [0.3, 0.4) is 0 Å². The molecule has 1 rings (SSSR count). The van der Waals surface area contributed by atoms with Crippen molar-refractivity contribution < 1.29 is 15.0 Å². The summed E-state index contributed by atoms with van der Waals surface area (Å²) in [5, 5.41) is 18.7. The largest absolute Gasteiger partial charge is 0.481 e. The summed E-state index contributed by atoms with van der Waals surface area (Å²) in [6.45, 7) is 0.0375. The number of aliphatic carboxylic acids is 1. The van der Waals surface area contributed by atoms with Crippen LogP contribution in [0.15, 0.2) is 0 Å². The number of carboxylic acids is 1. The maximum absolute atomic E-state index is 10.6. The molecule has 0 spiro atoms. The Kier molecular flexibility index (Phi) is 4.54. The Bertz CT molecular complexity index is 214. The Hall–Kier alpha value is -0.610. The molecule has 88 valence electrons. The third kappa shape index (κ3) is 4.18. The topological polar surface area (TPSA) is 83.5 Å². The van der Waals surface area contributed by atoms with E-state index in [-0.39, 0.29) is 13.0 Å². The summed E-state index contributed by atoms with van der Waals surface area (Å²) in [5.74, 6) is -0.523. The number of hydrogen-bond acceptors (Lipinski definition) is 3. The molecular weight excluding hydrogens is 194 g/mol. The number of aliphatic hydroxyl groups is 1. The third-order valence-corrected chi connectivity index (χ3v) is 3.25. The maximum atomic E-state index is 10.6. The highest BCUT2D eigenvalue weighted by atomic mass is 16.4. The predicted molar refractivity (Wildman–Crippen MR) is 57.4 cm³/mol. The number of nitrogens with two attached hydrogens (primary N) is 1. The van der Waals surface area contributed by atoms with Crippen LogP contribution < -0.4 is 5.73 Å². The molecule has 0 aromatic rings. The van der Waals surface area contributed by atoms with Gasteiger partial charge in [-0.1, -0.05) is 32.1 Å². The number of carboxylic acid groups (broad SMARTS) is 1. The molecule has 4 heteroatoms. The monoisotopic (exact) mass is 215 g/mol. The minimum Gasteiger partial charge on any atom is -0.481 e. The Labute approximate surface area is 90.5 Å². The van der Waals surface area contributed by atoms with Crippen LogP contribution in [0.5, 0.6) is 0 Å². The lowest BCUT2D eigenvalue weighted by atomic mass is 9.79. The smallest absolute Gasteiger partial charge is 0.306 e. The predicted octanol–water partition coefficient (Wildman–Crippen LogP) is 1.12. The van der Waals surface area contributed by atoms with E-state index in [2.05, 4.69) is 0 Å². The van der Waals surface area contributed by atoms with E-state index in [0.717, 1.165) is 12.8 Å². The van der Waals surface area contributed by atoms with Gasteiger partial charge in [-0.15, -0.1) is 0 Å². The van der Waals surface area contributed by atoms with Crippen molar-refractivity contribution in [1.82, 2.24) is 0 Å².